The topological polar surface area (TPSA) is 63.5 Å². The molecule has 10 heteroatoms. The number of halogens is 3. The van der Waals surface area contributed by atoms with Gasteiger partial charge in [0.05, 0.1) is 29.8 Å². The van der Waals surface area contributed by atoms with Crippen molar-refractivity contribution in [1.82, 2.24) is 19.7 Å². The number of piperidine rings is 1. The summed E-state index contributed by atoms with van der Waals surface area (Å²) in [6, 6.07) is 7.01. The summed E-state index contributed by atoms with van der Waals surface area (Å²) in [7, 11) is 1.92. The number of hydrogen-bond donors (Lipinski definition) is 0. The van der Waals surface area contributed by atoms with Gasteiger partial charge in [-0.1, -0.05) is 18.9 Å². The van der Waals surface area contributed by atoms with Crippen molar-refractivity contribution >= 4 is 11.6 Å². The number of aromatic nitrogens is 3. The van der Waals surface area contributed by atoms with Gasteiger partial charge in [-0.3, -0.25) is 9.69 Å². The second-order valence-electron chi connectivity index (χ2n) is 11.7. The Morgan fingerprint density at radius 3 is 2.52 bits per heavy atom. The number of carbonyl (C=O) groups excluding carboxylic acids is 1. The largest absolute Gasteiger partial charge is 0.491 e. The van der Waals surface area contributed by atoms with Crippen LogP contribution in [-0.2, 0) is 38.1 Å². The van der Waals surface area contributed by atoms with Gasteiger partial charge >= 0.3 is 6.18 Å². The number of fused-ring (bicyclic) bond motifs is 2. The van der Waals surface area contributed by atoms with Crippen molar-refractivity contribution in [2.24, 2.45) is 7.05 Å². The van der Waals surface area contributed by atoms with E-state index in [1.807, 2.05) is 17.7 Å². The number of anilines is 1. The molecule has 210 valence electrons. The first-order valence-corrected chi connectivity index (χ1v) is 14.2. The molecule has 3 aromatic rings. The highest BCUT2D eigenvalue weighted by molar-refractivity contribution is 6.11. The van der Waals surface area contributed by atoms with Gasteiger partial charge in [0.15, 0.2) is 0 Å². The molecule has 0 bridgehead atoms. The van der Waals surface area contributed by atoms with Gasteiger partial charge in [-0.15, -0.1) is 10.2 Å². The van der Waals surface area contributed by atoms with Gasteiger partial charge in [0, 0.05) is 25.6 Å². The van der Waals surface area contributed by atoms with Crippen LogP contribution in [0.15, 0.2) is 30.6 Å². The molecule has 2 fully saturated rings. The van der Waals surface area contributed by atoms with Crippen LogP contribution in [-0.4, -0.2) is 45.3 Å². The number of hydrogen-bond acceptors (Lipinski definition) is 5. The van der Waals surface area contributed by atoms with E-state index in [-0.39, 0.29) is 23.1 Å². The molecule has 4 aliphatic rings. The summed E-state index contributed by atoms with van der Waals surface area (Å²) in [4.78, 5) is 17.6. The Kier molecular flexibility index (Phi) is 5.96. The third kappa shape index (κ3) is 4.02. The average molecular weight is 552 g/mol. The van der Waals surface area contributed by atoms with E-state index in [1.54, 1.807) is 12.4 Å². The van der Waals surface area contributed by atoms with Crippen molar-refractivity contribution in [3.8, 4) is 5.75 Å². The molecule has 40 heavy (non-hydrogen) atoms. The molecule has 1 saturated carbocycles. The number of alkyl halides is 3. The first kappa shape index (κ1) is 25.6. The zero-order chi connectivity index (χ0) is 27.6. The van der Waals surface area contributed by atoms with Crippen molar-refractivity contribution < 1.29 is 22.7 Å². The second-order valence-corrected chi connectivity index (χ2v) is 11.7. The molecule has 0 atom stereocenters. The molecule has 0 spiro atoms. The lowest BCUT2D eigenvalue weighted by molar-refractivity contribution is -0.138. The number of ether oxygens (including phenoxy) is 1. The fraction of sp³-hybridized carbons (Fsp3) is 0.500. The standard InChI is InChI=1S/C30H32F3N5O2/c1-36-18-34-35-28(36)29(7-5-8-29)21-14-20-6-11-40-26(20)25(15-21)38-17-23-22(27(38)39)12-19(13-24(23)30(31,32)33)16-37-9-3-2-4-10-37/h12-15,18H,2-11,16-17H2,1H3. The third-order valence-corrected chi connectivity index (χ3v) is 9.22. The minimum atomic E-state index is -4.56. The van der Waals surface area contributed by atoms with E-state index in [0.717, 1.165) is 68.6 Å². The third-order valence-electron chi connectivity index (χ3n) is 9.22. The number of likely N-dealkylation sites (tertiary alicyclic amines) is 1. The van der Waals surface area contributed by atoms with Gasteiger partial charge in [0.2, 0.25) is 0 Å². The molecule has 0 unspecified atom stereocenters. The summed E-state index contributed by atoms with van der Waals surface area (Å²) < 4.78 is 51.0. The van der Waals surface area contributed by atoms with Crippen molar-refractivity contribution in [1.29, 1.82) is 0 Å². The summed E-state index contributed by atoms with van der Waals surface area (Å²) in [5, 5.41) is 8.53. The predicted molar refractivity (Wildman–Crippen MR) is 142 cm³/mol. The molecule has 1 aromatic heterocycles. The minimum absolute atomic E-state index is 0.0451. The zero-order valence-electron chi connectivity index (χ0n) is 22.6. The van der Waals surface area contributed by atoms with E-state index in [9.17, 15) is 18.0 Å². The van der Waals surface area contributed by atoms with E-state index in [4.69, 9.17) is 4.74 Å². The molecular weight excluding hydrogens is 519 g/mol. The minimum Gasteiger partial charge on any atom is -0.491 e. The molecule has 2 aromatic carbocycles. The summed E-state index contributed by atoms with van der Waals surface area (Å²) in [6.07, 6.45) is 3.88. The van der Waals surface area contributed by atoms with Crippen LogP contribution in [0.2, 0.25) is 0 Å². The molecular formula is C30H32F3N5O2. The molecule has 1 aliphatic carbocycles. The normalized spacial score (nSPS) is 20.3. The number of benzene rings is 2. The fourth-order valence-electron chi connectivity index (χ4n) is 7.04. The molecule has 7 nitrogen and oxygen atoms in total. The molecule has 4 heterocycles. The van der Waals surface area contributed by atoms with Crippen LogP contribution in [0.5, 0.6) is 5.75 Å². The van der Waals surface area contributed by atoms with E-state index in [1.165, 1.54) is 11.0 Å². The summed E-state index contributed by atoms with van der Waals surface area (Å²) in [5.74, 6) is 1.05. The maximum atomic E-state index is 14.4. The highest BCUT2D eigenvalue weighted by Gasteiger charge is 2.46. The Hall–Kier alpha value is -3.40. The van der Waals surface area contributed by atoms with Crippen molar-refractivity contribution in [3.63, 3.8) is 0 Å². The van der Waals surface area contributed by atoms with Crippen molar-refractivity contribution in [3.05, 3.63) is 69.8 Å². The zero-order valence-corrected chi connectivity index (χ0v) is 22.6. The number of nitrogens with zero attached hydrogens (tertiary/aromatic N) is 5. The smallest absolute Gasteiger partial charge is 0.416 e. The van der Waals surface area contributed by atoms with Crippen LogP contribution in [0, 0.1) is 0 Å². The van der Waals surface area contributed by atoms with Crippen molar-refractivity contribution in [2.75, 3.05) is 24.6 Å². The van der Waals surface area contributed by atoms with E-state index in [2.05, 4.69) is 21.2 Å². The van der Waals surface area contributed by atoms with E-state index >= 15 is 0 Å². The first-order valence-electron chi connectivity index (χ1n) is 14.2. The van der Waals surface area contributed by atoms with Gasteiger partial charge in [-0.25, -0.2) is 0 Å². The monoisotopic (exact) mass is 551 g/mol. The van der Waals surface area contributed by atoms with Crippen LogP contribution in [0.3, 0.4) is 0 Å². The molecule has 0 N–H and O–H groups in total. The van der Waals surface area contributed by atoms with Crippen LogP contribution >= 0.6 is 0 Å². The Bertz CT molecular complexity index is 1490. The maximum absolute atomic E-state index is 14.4. The molecule has 3 aliphatic heterocycles. The van der Waals surface area contributed by atoms with Crippen LogP contribution in [0.4, 0.5) is 18.9 Å². The van der Waals surface area contributed by atoms with Crippen molar-refractivity contribution in [2.45, 2.75) is 69.6 Å². The summed E-state index contributed by atoms with van der Waals surface area (Å²) in [5.41, 5.74) is 2.21. The average Bonchev–Trinajstić information content (AvgIpc) is 3.63. The van der Waals surface area contributed by atoms with E-state index in [0.29, 0.717) is 36.6 Å². The quantitative estimate of drug-likeness (QED) is 0.426. The number of aryl methyl sites for hydroxylation is 1. The highest BCUT2D eigenvalue weighted by atomic mass is 19.4. The van der Waals surface area contributed by atoms with Gasteiger partial charge in [0.1, 0.15) is 17.9 Å². The van der Waals surface area contributed by atoms with Crippen LogP contribution in [0.25, 0.3) is 0 Å². The van der Waals surface area contributed by atoms with Crippen LogP contribution in [0.1, 0.15) is 82.5 Å². The predicted octanol–water partition coefficient (Wildman–Crippen LogP) is 5.39. The van der Waals surface area contributed by atoms with Gasteiger partial charge in [-0.05, 0) is 79.2 Å². The van der Waals surface area contributed by atoms with E-state index < -0.39 is 17.6 Å². The second kappa shape index (κ2) is 9.33. The Balaban J connectivity index is 1.30. The number of rotatable bonds is 5. The molecule has 0 radical (unpaired) electrons. The summed E-state index contributed by atoms with van der Waals surface area (Å²) >= 11 is 0. The van der Waals surface area contributed by atoms with Gasteiger partial charge in [-0.2, -0.15) is 13.2 Å². The lowest BCUT2D eigenvalue weighted by Crippen LogP contribution is -2.38. The van der Waals surface area contributed by atoms with Gasteiger partial charge < -0.3 is 14.2 Å². The molecule has 1 saturated heterocycles. The van der Waals surface area contributed by atoms with Gasteiger partial charge in [0.25, 0.3) is 5.91 Å². The number of amides is 1. The Morgan fingerprint density at radius 1 is 1.05 bits per heavy atom. The summed E-state index contributed by atoms with van der Waals surface area (Å²) in [6.45, 7) is 2.48. The SMILES string of the molecule is Cn1cnnc1C1(c2cc3c(c(N4Cc5c(cc(CN6CCCCC6)cc5C(F)(F)F)C4=O)c2)OCC3)CCC1. The Morgan fingerprint density at radius 2 is 1.85 bits per heavy atom. The lowest BCUT2D eigenvalue weighted by atomic mass is 9.63. The number of carbonyl (C=O) groups is 1. The Labute approximate surface area is 230 Å². The first-order chi connectivity index (χ1) is 19.2. The molecule has 1 amide bonds. The van der Waals surface area contributed by atoms with Crippen LogP contribution < -0.4 is 9.64 Å². The maximum Gasteiger partial charge on any atom is 0.416 e. The lowest BCUT2D eigenvalue weighted by Gasteiger charge is -2.41. The highest BCUT2D eigenvalue weighted by Crippen LogP contribution is 2.52. The fourth-order valence-corrected chi connectivity index (χ4v) is 7.04. The molecule has 7 rings (SSSR count).